The van der Waals surface area contributed by atoms with Gasteiger partial charge in [0.15, 0.2) is 6.29 Å². The highest BCUT2D eigenvalue weighted by atomic mass is 16.8. The molecule has 130 valence electrons. The SMILES string of the molecule is O=C(OCc1ccccc1)N1OC(O)C[C@H]1c1ccc([N+](=O)[O-])cc1. The summed E-state index contributed by atoms with van der Waals surface area (Å²) in [6, 6.07) is 14.3. The standard InChI is InChI=1S/C17H16N2O6/c20-16-10-15(13-6-8-14(9-7-13)19(22)23)18(25-16)17(21)24-11-12-4-2-1-3-5-12/h1-9,15-16,20H,10-11H2/t15-,16?/m0/s1. The van der Waals surface area contributed by atoms with Crippen LogP contribution in [0.4, 0.5) is 10.5 Å². The Labute approximate surface area is 143 Å². The molecule has 1 aliphatic heterocycles. The minimum atomic E-state index is -1.15. The Morgan fingerprint density at radius 3 is 2.56 bits per heavy atom. The first-order valence-corrected chi connectivity index (χ1v) is 7.63. The monoisotopic (exact) mass is 344 g/mol. The third kappa shape index (κ3) is 3.93. The number of nitro benzene ring substituents is 1. The van der Waals surface area contributed by atoms with Crippen molar-refractivity contribution in [2.24, 2.45) is 0 Å². The highest BCUT2D eigenvalue weighted by Gasteiger charge is 2.38. The number of benzene rings is 2. The van der Waals surface area contributed by atoms with Crippen LogP contribution in [-0.4, -0.2) is 27.5 Å². The minimum absolute atomic E-state index is 0.0542. The summed E-state index contributed by atoms with van der Waals surface area (Å²) in [5, 5.41) is 21.4. The first-order valence-electron chi connectivity index (χ1n) is 7.63. The number of nitro groups is 1. The van der Waals surface area contributed by atoms with Crippen molar-refractivity contribution in [2.75, 3.05) is 0 Å². The molecule has 1 heterocycles. The Bertz CT molecular complexity index is 749. The maximum Gasteiger partial charge on any atom is 0.434 e. The largest absolute Gasteiger partial charge is 0.443 e. The molecule has 0 saturated carbocycles. The Morgan fingerprint density at radius 2 is 1.92 bits per heavy atom. The molecule has 1 unspecified atom stereocenters. The summed E-state index contributed by atoms with van der Waals surface area (Å²) >= 11 is 0. The van der Waals surface area contributed by atoms with Gasteiger partial charge in [-0.05, 0) is 11.1 Å². The fraction of sp³-hybridized carbons (Fsp3) is 0.235. The molecule has 2 aromatic rings. The van der Waals surface area contributed by atoms with Crippen LogP contribution in [0.1, 0.15) is 23.6 Å². The molecule has 25 heavy (non-hydrogen) atoms. The number of aliphatic hydroxyl groups is 1. The van der Waals surface area contributed by atoms with Gasteiger partial charge in [-0.2, -0.15) is 5.06 Å². The number of aliphatic hydroxyl groups excluding tert-OH is 1. The molecule has 2 atom stereocenters. The van der Waals surface area contributed by atoms with Gasteiger partial charge in [0.05, 0.1) is 11.0 Å². The molecule has 8 nitrogen and oxygen atoms in total. The third-order valence-electron chi connectivity index (χ3n) is 3.82. The Morgan fingerprint density at radius 1 is 1.24 bits per heavy atom. The van der Waals surface area contributed by atoms with E-state index in [1.54, 1.807) is 0 Å². The molecule has 1 aliphatic rings. The lowest BCUT2D eigenvalue weighted by molar-refractivity contribution is -0.384. The van der Waals surface area contributed by atoms with Gasteiger partial charge in [-0.1, -0.05) is 42.5 Å². The maximum atomic E-state index is 12.3. The number of hydrogen-bond acceptors (Lipinski definition) is 6. The molecule has 0 spiro atoms. The van der Waals surface area contributed by atoms with Crippen LogP contribution in [0.2, 0.25) is 0 Å². The van der Waals surface area contributed by atoms with Gasteiger partial charge in [-0.3, -0.25) is 10.1 Å². The van der Waals surface area contributed by atoms with Crippen molar-refractivity contribution in [2.45, 2.75) is 25.4 Å². The molecule has 1 N–H and O–H groups in total. The van der Waals surface area contributed by atoms with Crippen LogP contribution in [0.5, 0.6) is 0 Å². The van der Waals surface area contributed by atoms with Crippen LogP contribution >= 0.6 is 0 Å². The average Bonchev–Trinajstić information content (AvgIpc) is 3.02. The second kappa shape index (κ2) is 7.29. The fourth-order valence-corrected chi connectivity index (χ4v) is 2.58. The number of ether oxygens (including phenoxy) is 1. The zero-order valence-electron chi connectivity index (χ0n) is 13.1. The van der Waals surface area contributed by atoms with Crippen molar-refractivity contribution in [3.63, 3.8) is 0 Å². The van der Waals surface area contributed by atoms with E-state index in [9.17, 15) is 20.0 Å². The van der Waals surface area contributed by atoms with Crippen LogP contribution in [0.15, 0.2) is 54.6 Å². The number of hydroxylamine groups is 2. The van der Waals surface area contributed by atoms with Gasteiger partial charge < -0.3 is 9.84 Å². The third-order valence-corrected chi connectivity index (χ3v) is 3.82. The highest BCUT2D eigenvalue weighted by Crippen LogP contribution is 2.34. The number of amides is 1. The number of carbonyl (C=O) groups excluding carboxylic acids is 1. The second-order valence-electron chi connectivity index (χ2n) is 5.53. The zero-order chi connectivity index (χ0) is 17.8. The van der Waals surface area contributed by atoms with Gasteiger partial charge in [0.1, 0.15) is 6.61 Å². The smallest absolute Gasteiger partial charge is 0.434 e. The quantitative estimate of drug-likeness (QED) is 0.676. The molecule has 2 aromatic carbocycles. The summed E-state index contributed by atoms with van der Waals surface area (Å²) in [5.41, 5.74) is 1.38. The van der Waals surface area contributed by atoms with E-state index in [1.807, 2.05) is 30.3 Å². The van der Waals surface area contributed by atoms with Gasteiger partial charge in [0.2, 0.25) is 0 Å². The minimum Gasteiger partial charge on any atom is -0.443 e. The number of hydrogen-bond donors (Lipinski definition) is 1. The van der Waals surface area contributed by atoms with Crippen molar-refractivity contribution in [3.8, 4) is 0 Å². The summed E-state index contributed by atoms with van der Waals surface area (Å²) in [5.74, 6) is 0. The van der Waals surface area contributed by atoms with E-state index in [0.29, 0.717) is 5.56 Å². The molecular formula is C17H16N2O6. The van der Waals surface area contributed by atoms with E-state index in [-0.39, 0.29) is 18.7 Å². The Hall–Kier alpha value is -2.97. The predicted octanol–water partition coefficient (Wildman–Crippen LogP) is 2.93. The molecule has 0 aromatic heterocycles. The summed E-state index contributed by atoms with van der Waals surface area (Å²) in [4.78, 5) is 27.6. The summed E-state index contributed by atoms with van der Waals surface area (Å²) in [6.07, 6.45) is -1.73. The Kier molecular flexibility index (Phi) is 4.92. The summed E-state index contributed by atoms with van der Waals surface area (Å²) in [6.45, 7) is 0.0720. The molecule has 0 aliphatic carbocycles. The molecule has 0 bridgehead atoms. The van der Waals surface area contributed by atoms with Crippen molar-refractivity contribution in [3.05, 3.63) is 75.8 Å². The molecule has 1 amide bonds. The van der Waals surface area contributed by atoms with Crippen molar-refractivity contribution < 1.29 is 24.4 Å². The predicted molar refractivity (Wildman–Crippen MR) is 86.0 cm³/mol. The van der Waals surface area contributed by atoms with E-state index in [1.165, 1.54) is 24.3 Å². The zero-order valence-corrected chi connectivity index (χ0v) is 13.1. The van der Waals surface area contributed by atoms with Gasteiger partial charge in [-0.15, -0.1) is 0 Å². The lowest BCUT2D eigenvalue weighted by Gasteiger charge is -2.21. The Balaban J connectivity index is 1.70. The normalized spacial score (nSPS) is 19.6. The first-order chi connectivity index (χ1) is 12.0. The van der Waals surface area contributed by atoms with Crippen LogP contribution in [-0.2, 0) is 16.2 Å². The van der Waals surface area contributed by atoms with Crippen molar-refractivity contribution in [1.29, 1.82) is 0 Å². The van der Waals surface area contributed by atoms with E-state index in [0.717, 1.165) is 10.6 Å². The number of rotatable bonds is 4. The topological polar surface area (TPSA) is 102 Å². The maximum absolute atomic E-state index is 12.3. The first kappa shape index (κ1) is 16.9. The highest BCUT2D eigenvalue weighted by molar-refractivity contribution is 5.67. The van der Waals surface area contributed by atoms with Crippen LogP contribution < -0.4 is 0 Å². The van der Waals surface area contributed by atoms with Crippen molar-refractivity contribution in [1.82, 2.24) is 5.06 Å². The average molecular weight is 344 g/mol. The van der Waals surface area contributed by atoms with Crippen LogP contribution in [0.3, 0.4) is 0 Å². The van der Waals surface area contributed by atoms with Gasteiger partial charge in [0.25, 0.3) is 5.69 Å². The van der Waals surface area contributed by atoms with Gasteiger partial charge >= 0.3 is 6.09 Å². The van der Waals surface area contributed by atoms with E-state index >= 15 is 0 Å². The fourth-order valence-electron chi connectivity index (χ4n) is 2.58. The lowest BCUT2D eigenvalue weighted by Crippen LogP contribution is -2.30. The number of nitrogens with zero attached hydrogens (tertiary/aromatic N) is 2. The lowest BCUT2D eigenvalue weighted by atomic mass is 10.0. The second-order valence-corrected chi connectivity index (χ2v) is 5.53. The van der Waals surface area contributed by atoms with Crippen LogP contribution in [0.25, 0.3) is 0 Å². The summed E-state index contributed by atoms with van der Waals surface area (Å²) in [7, 11) is 0. The van der Waals surface area contributed by atoms with Crippen LogP contribution in [0, 0.1) is 10.1 Å². The van der Waals surface area contributed by atoms with Gasteiger partial charge in [-0.25, -0.2) is 9.63 Å². The number of non-ortho nitro benzene ring substituents is 1. The van der Waals surface area contributed by atoms with E-state index in [2.05, 4.69) is 0 Å². The molecular weight excluding hydrogens is 328 g/mol. The van der Waals surface area contributed by atoms with E-state index in [4.69, 9.17) is 9.57 Å². The molecule has 1 fully saturated rings. The molecule has 0 radical (unpaired) electrons. The van der Waals surface area contributed by atoms with Gasteiger partial charge in [0, 0.05) is 18.6 Å². The molecule has 1 saturated heterocycles. The molecule has 8 heteroatoms. The van der Waals surface area contributed by atoms with E-state index < -0.39 is 23.3 Å². The molecule has 3 rings (SSSR count). The summed E-state index contributed by atoms with van der Waals surface area (Å²) < 4.78 is 5.22. The number of carbonyl (C=O) groups is 1. The van der Waals surface area contributed by atoms with Crippen molar-refractivity contribution >= 4 is 11.8 Å².